The number of carbonyl (C=O) groups excluding carboxylic acids is 1. The van der Waals surface area contributed by atoms with Crippen molar-refractivity contribution in [2.45, 2.75) is 13.3 Å². The van der Waals surface area contributed by atoms with Crippen LogP contribution in [0.25, 0.3) is 21.3 Å². The lowest BCUT2D eigenvalue weighted by Crippen LogP contribution is -2.40. The number of hydrogen-bond donors (Lipinski definition) is 0. The molecule has 0 saturated carbocycles. The van der Waals surface area contributed by atoms with Gasteiger partial charge in [-0.25, -0.2) is 15.0 Å². The van der Waals surface area contributed by atoms with Crippen molar-refractivity contribution >= 4 is 28.0 Å². The van der Waals surface area contributed by atoms with E-state index in [1.807, 2.05) is 25.3 Å². The maximum Gasteiger partial charge on any atom is 0.154 e. The van der Waals surface area contributed by atoms with Crippen LogP contribution < -0.4 is 0 Å². The molecule has 0 bridgehead atoms. The second-order valence-electron chi connectivity index (χ2n) is 6.41. The summed E-state index contributed by atoms with van der Waals surface area (Å²) in [6.07, 6.45) is 3.94. The zero-order valence-corrected chi connectivity index (χ0v) is 15.5. The van der Waals surface area contributed by atoms with Crippen molar-refractivity contribution in [2.75, 3.05) is 32.8 Å². The number of fused-ring (bicyclic) bond motifs is 1. The van der Waals surface area contributed by atoms with Gasteiger partial charge in [-0.3, -0.25) is 9.69 Å². The van der Waals surface area contributed by atoms with Gasteiger partial charge in [0.2, 0.25) is 0 Å². The highest BCUT2D eigenvalue weighted by Crippen LogP contribution is 2.28. The molecule has 0 amide bonds. The average Bonchev–Trinajstić information content (AvgIpc) is 3.08. The van der Waals surface area contributed by atoms with Crippen LogP contribution in [0.1, 0.15) is 10.8 Å². The van der Waals surface area contributed by atoms with Crippen molar-refractivity contribution in [2.24, 2.45) is 0 Å². The molecule has 1 aliphatic heterocycles. The molecule has 0 unspecified atom stereocenters. The Labute approximate surface area is 155 Å². The minimum absolute atomic E-state index is 0.139. The number of hydrogen-bond acceptors (Lipinski definition) is 7. The number of aryl methyl sites for hydroxylation is 1. The number of morpholine rings is 1. The smallest absolute Gasteiger partial charge is 0.154 e. The molecule has 7 heteroatoms. The molecule has 1 aromatic carbocycles. The van der Waals surface area contributed by atoms with Crippen LogP contribution in [0, 0.1) is 6.92 Å². The van der Waals surface area contributed by atoms with Gasteiger partial charge in [0.1, 0.15) is 5.82 Å². The number of carbonyl (C=O) groups is 1. The van der Waals surface area contributed by atoms with E-state index in [2.05, 4.69) is 25.9 Å². The van der Waals surface area contributed by atoms with Crippen molar-refractivity contribution in [3.8, 4) is 10.4 Å². The molecule has 6 nitrogen and oxygen atoms in total. The van der Waals surface area contributed by atoms with Gasteiger partial charge in [0.25, 0.3) is 0 Å². The second kappa shape index (κ2) is 7.57. The summed E-state index contributed by atoms with van der Waals surface area (Å²) in [5.41, 5.74) is 1.95. The molecule has 0 atom stereocenters. The van der Waals surface area contributed by atoms with E-state index in [-0.39, 0.29) is 12.2 Å². The number of benzene rings is 1. The summed E-state index contributed by atoms with van der Waals surface area (Å²) in [5.74, 6) is 0.717. The van der Waals surface area contributed by atoms with Gasteiger partial charge in [0, 0.05) is 30.9 Å². The van der Waals surface area contributed by atoms with Crippen LogP contribution in [0.5, 0.6) is 0 Å². The van der Waals surface area contributed by atoms with E-state index in [0.717, 1.165) is 39.4 Å². The normalized spacial score (nSPS) is 15.4. The first-order valence-electron chi connectivity index (χ1n) is 8.68. The molecule has 4 rings (SSSR count). The minimum atomic E-state index is 0.139. The molecule has 26 heavy (non-hydrogen) atoms. The molecule has 3 aromatic rings. The number of aromatic nitrogens is 3. The zero-order chi connectivity index (χ0) is 17.9. The van der Waals surface area contributed by atoms with Crippen LogP contribution in [0.3, 0.4) is 0 Å². The van der Waals surface area contributed by atoms with Gasteiger partial charge in [-0.2, -0.15) is 0 Å². The molecular weight excluding hydrogens is 348 g/mol. The molecular formula is C19H20N4O2S. The first kappa shape index (κ1) is 17.2. The van der Waals surface area contributed by atoms with E-state index in [1.54, 1.807) is 17.5 Å². The Hall–Kier alpha value is -2.22. The first-order chi connectivity index (χ1) is 12.7. The van der Waals surface area contributed by atoms with Gasteiger partial charge in [0.15, 0.2) is 5.78 Å². The molecule has 1 fully saturated rings. The van der Waals surface area contributed by atoms with Gasteiger partial charge < -0.3 is 4.74 Å². The van der Waals surface area contributed by atoms with Gasteiger partial charge >= 0.3 is 0 Å². The largest absolute Gasteiger partial charge is 0.379 e. The van der Waals surface area contributed by atoms with E-state index in [4.69, 9.17) is 4.74 Å². The predicted molar refractivity (Wildman–Crippen MR) is 101 cm³/mol. The fraction of sp³-hybridized carbons (Fsp3) is 0.368. The van der Waals surface area contributed by atoms with Gasteiger partial charge in [-0.1, -0.05) is 12.1 Å². The van der Waals surface area contributed by atoms with Crippen molar-refractivity contribution < 1.29 is 9.53 Å². The van der Waals surface area contributed by atoms with Crippen LogP contribution in [0.4, 0.5) is 0 Å². The Kier molecular flexibility index (Phi) is 5.01. The number of Topliss-reactive ketones (excluding diaryl/α,β-unsaturated/α-hetero) is 1. The van der Waals surface area contributed by atoms with Crippen LogP contribution in [0.15, 0.2) is 30.6 Å². The van der Waals surface area contributed by atoms with Crippen molar-refractivity contribution in [1.82, 2.24) is 19.9 Å². The van der Waals surface area contributed by atoms with Crippen molar-refractivity contribution in [3.63, 3.8) is 0 Å². The minimum Gasteiger partial charge on any atom is -0.379 e. The average molecular weight is 368 g/mol. The third kappa shape index (κ3) is 3.95. The maximum atomic E-state index is 12.3. The number of ketones is 1. The lowest BCUT2D eigenvalue weighted by atomic mass is 10.1. The lowest BCUT2D eigenvalue weighted by molar-refractivity contribution is -0.120. The second-order valence-corrected chi connectivity index (χ2v) is 7.64. The number of thiazole rings is 1. The highest BCUT2D eigenvalue weighted by Gasteiger charge is 2.15. The number of ether oxygens (including phenoxy) is 1. The van der Waals surface area contributed by atoms with E-state index < -0.39 is 0 Å². The summed E-state index contributed by atoms with van der Waals surface area (Å²) in [6.45, 7) is 5.43. The molecule has 0 radical (unpaired) electrons. The standard InChI is InChI=1S/C19H20N4O2S/c1-13-20-11-18(26-13)14-2-3-15-10-21-19(22-17(15)8-14)9-16(24)12-23-4-6-25-7-5-23/h2-3,8,10-11H,4-7,9,12H2,1H3. The van der Waals surface area contributed by atoms with Crippen LogP contribution in [-0.4, -0.2) is 58.5 Å². The Morgan fingerprint density at radius 3 is 2.85 bits per heavy atom. The van der Waals surface area contributed by atoms with Gasteiger partial charge in [-0.05, 0) is 18.6 Å². The van der Waals surface area contributed by atoms with E-state index >= 15 is 0 Å². The quantitative estimate of drug-likeness (QED) is 0.689. The molecule has 1 aliphatic rings. The number of rotatable bonds is 5. The SMILES string of the molecule is Cc1ncc(-c2ccc3cnc(CC(=O)CN4CCOCC4)nc3c2)s1. The summed E-state index contributed by atoms with van der Waals surface area (Å²) >= 11 is 1.66. The van der Waals surface area contributed by atoms with Crippen LogP contribution >= 0.6 is 11.3 Å². The molecule has 3 heterocycles. The summed E-state index contributed by atoms with van der Waals surface area (Å²) in [7, 11) is 0. The van der Waals surface area contributed by atoms with Crippen molar-refractivity contribution in [3.05, 3.63) is 41.4 Å². The Bertz CT molecular complexity index is 934. The fourth-order valence-corrected chi connectivity index (χ4v) is 3.81. The molecule has 0 spiro atoms. The van der Waals surface area contributed by atoms with Gasteiger partial charge in [-0.15, -0.1) is 11.3 Å². The number of nitrogens with zero attached hydrogens (tertiary/aromatic N) is 4. The molecule has 2 aromatic heterocycles. The first-order valence-corrected chi connectivity index (χ1v) is 9.49. The Morgan fingerprint density at radius 1 is 1.23 bits per heavy atom. The summed E-state index contributed by atoms with van der Waals surface area (Å²) in [4.78, 5) is 28.9. The third-order valence-electron chi connectivity index (χ3n) is 4.40. The summed E-state index contributed by atoms with van der Waals surface area (Å²) in [5, 5.41) is 2.01. The Balaban J connectivity index is 1.51. The summed E-state index contributed by atoms with van der Waals surface area (Å²) in [6, 6.07) is 6.11. The fourth-order valence-electron chi connectivity index (χ4n) is 3.04. The predicted octanol–water partition coefficient (Wildman–Crippen LogP) is 2.51. The topological polar surface area (TPSA) is 68.2 Å². The molecule has 0 N–H and O–H groups in total. The van der Waals surface area contributed by atoms with Gasteiger partial charge in [0.05, 0.1) is 41.6 Å². The van der Waals surface area contributed by atoms with E-state index in [1.165, 1.54) is 0 Å². The third-order valence-corrected chi connectivity index (χ3v) is 5.36. The van der Waals surface area contributed by atoms with E-state index in [0.29, 0.717) is 25.6 Å². The zero-order valence-electron chi connectivity index (χ0n) is 14.6. The Morgan fingerprint density at radius 2 is 2.08 bits per heavy atom. The van der Waals surface area contributed by atoms with Crippen molar-refractivity contribution in [1.29, 1.82) is 0 Å². The molecule has 1 saturated heterocycles. The monoisotopic (exact) mass is 368 g/mol. The maximum absolute atomic E-state index is 12.3. The van der Waals surface area contributed by atoms with Crippen LogP contribution in [-0.2, 0) is 16.0 Å². The lowest BCUT2D eigenvalue weighted by Gasteiger charge is -2.25. The van der Waals surface area contributed by atoms with Crippen LogP contribution in [0.2, 0.25) is 0 Å². The highest BCUT2D eigenvalue weighted by molar-refractivity contribution is 7.15. The van der Waals surface area contributed by atoms with E-state index in [9.17, 15) is 4.79 Å². The molecule has 134 valence electrons. The molecule has 0 aliphatic carbocycles. The summed E-state index contributed by atoms with van der Waals surface area (Å²) < 4.78 is 5.32. The highest BCUT2D eigenvalue weighted by atomic mass is 32.1.